The Balaban J connectivity index is 1.24. The highest BCUT2D eigenvalue weighted by atomic mass is 127. The van der Waals surface area contributed by atoms with E-state index in [0.717, 1.165) is 35.5 Å². The molecule has 1 aliphatic carbocycles. The number of amides is 1. The van der Waals surface area contributed by atoms with Gasteiger partial charge in [-0.05, 0) is 116 Å². The van der Waals surface area contributed by atoms with Crippen LogP contribution in [0.25, 0.3) is 16.8 Å². The Morgan fingerprint density at radius 2 is 1.66 bits per heavy atom. The first-order valence-corrected chi connectivity index (χ1v) is 17.1. The minimum Gasteiger partial charge on any atom is -0.487 e. The average molecular weight is 787 g/mol. The molecule has 4 aromatic rings. The second kappa shape index (κ2) is 13.0. The number of anilines is 1. The zero-order chi connectivity index (χ0) is 28.3. The molecule has 41 heavy (non-hydrogen) atoms. The van der Waals surface area contributed by atoms with Crippen LogP contribution in [-0.4, -0.2) is 22.3 Å². The molecule has 1 amide bonds. The number of rotatable bonds is 7. The van der Waals surface area contributed by atoms with Gasteiger partial charge in [0.1, 0.15) is 12.4 Å². The van der Waals surface area contributed by atoms with Crippen LogP contribution in [-0.2, 0) is 11.4 Å². The number of thioether (sulfide) groups is 1. The fourth-order valence-corrected chi connectivity index (χ4v) is 9.23. The quantitative estimate of drug-likeness (QED) is 0.150. The Morgan fingerprint density at radius 1 is 0.951 bits per heavy atom. The molecule has 0 spiro atoms. The highest BCUT2D eigenvalue weighted by Gasteiger charge is 2.42. The summed E-state index contributed by atoms with van der Waals surface area (Å²) in [5.74, 6) is 1.50. The van der Waals surface area contributed by atoms with Crippen molar-refractivity contribution < 1.29 is 9.53 Å². The van der Waals surface area contributed by atoms with Crippen molar-refractivity contribution in [2.24, 2.45) is 5.92 Å². The maximum absolute atomic E-state index is 13.9. The van der Waals surface area contributed by atoms with Gasteiger partial charge in [0.25, 0.3) is 5.91 Å². The van der Waals surface area contributed by atoms with Crippen LogP contribution in [0.2, 0.25) is 0 Å². The van der Waals surface area contributed by atoms with Gasteiger partial charge in [0.15, 0.2) is 5.50 Å². The largest absolute Gasteiger partial charge is 0.487 e. The number of carbonyl (C=O) groups excluding carboxylic acids is 1. The van der Waals surface area contributed by atoms with E-state index in [2.05, 4.69) is 135 Å². The summed E-state index contributed by atoms with van der Waals surface area (Å²) in [7, 11) is 0. The number of ether oxygens (including phenoxy) is 1. The Morgan fingerprint density at radius 3 is 2.44 bits per heavy atom. The van der Waals surface area contributed by atoms with Crippen LogP contribution in [0.4, 0.5) is 5.69 Å². The summed E-state index contributed by atoms with van der Waals surface area (Å²) in [6.07, 6.45) is 6.72. The summed E-state index contributed by atoms with van der Waals surface area (Å²) in [5.41, 5.74) is 3.10. The molecule has 2 fully saturated rings. The van der Waals surface area contributed by atoms with E-state index in [0.29, 0.717) is 12.5 Å². The van der Waals surface area contributed by atoms with Crippen molar-refractivity contribution in [3.63, 3.8) is 0 Å². The van der Waals surface area contributed by atoms with E-state index in [1.54, 1.807) is 11.8 Å². The smallest absolute Gasteiger partial charge is 0.262 e. The maximum atomic E-state index is 13.9. The van der Waals surface area contributed by atoms with Gasteiger partial charge in [-0.15, -0.1) is 0 Å². The minimum absolute atomic E-state index is 0.122. The zero-order valence-electron chi connectivity index (χ0n) is 22.9. The number of benzene rings is 4. The molecule has 0 radical (unpaired) electrons. The number of para-hydroxylation sites is 1. The zero-order valence-corrected chi connectivity index (χ0v) is 28.0. The van der Waals surface area contributed by atoms with Crippen LogP contribution in [0, 0.1) is 13.1 Å². The molecule has 7 heteroatoms. The van der Waals surface area contributed by atoms with Gasteiger partial charge in [-0.2, -0.15) is 0 Å². The predicted molar refractivity (Wildman–Crippen MR) is 188 cm³/mol. The minimum atomic E-state index is -0.122. The summed E-state index contributed by atoms with van der Waals surface area (Å²) < 4.78 is 8.45. The molecule has 3 atom stereocenters. The summed E-state index contributed by atoms with van der Waals surface area (Å²) in [5, 5.41) is 6.07. The lowest BCUT2D eigenvalue weighted by Gasteiger charge is -2.39. The number of hydrogen-bond donors (Lipinski definition) is 1. The number of fused-ring (bicyclic) bond motifs is 1. The van der Waals surface area contributed by atoms with Gasteiger partial charge in [-0.1, -0.05) is 92.2 Å². The summed E-state index contributed by atoms with van der Waals surface area (Å²) >= 11 is 6.33. The predicted octanol–water partition coefficient (Wildman–Crippen LogP) is 9.52. The number of carbonyl (C=O) groups is 1. The average Bonchev–Trinajstić information content (AvgIpc) is 3.27. The SMILES string of the molecule is C[C@@H]1CCCC[C@H]1N1C(=O)/C(=C/c2cc(I)c(OCc3cccc4ccccc34)c(I)c2)SC1Nc1ccccc1. The normalized spacial score (nSPS) is 21.9. The highest BCUT2D eigenvalue weighted by Crippen LogP contribution is 2.42. The van der Waals surface area contributed by atoms with Gasteiger partial charge < -0.3 is 15.0 Å². The molecule has 210 valence electrons. The lowest BCUT2D eigenvalue weighted by Crippen LogP contribution is -2.48. The molecule has 1 saturated carbocycles. The van der Waals surface area contributed by atoms with Crippen LogP contribution >= 0.6 is 56.9 Å². The van der Waals surface area contributed by atoms with E-state index in [4.69, 9.17) is 4.74 Å². The monoisotopic (exact) mass is 786 g/mol. The number of hydrogen-bond acceptors (Lipinski definition) is 4. The fraction of sp³-hybridized carbons (Fsp3) is 0.265. The maximum Gasteiger partial charge on any atom is 0.262 e. The molecule has 0 bridgehead atoms. The number of nitrogens with zero attached hydrogens (tertiary/aromatic N) is 1. The molecule has 1 aliphatic heterocycles. The van der Waals surface area contributed by atoms with Crippen molar-refractivity contribution in [1.82, 2.24) is 4.90 Å². The van der Waals surface area contributed by atoms with Gasteiger partial charge in [-0.25, -0.2) is 0 Å². The molecule has 1 heterocycles. The second-order valence-electron chi connectivity index (χ2n) is 10.8. The molecule has 4 aromatic carbocycles. The van der Waals surface area contributed by atoms with Crippen molar-refractivity contribution in [2.75, 3.05) is 5.32 Å². The van der Waals surface area contributed by atoms with Crippen LogP contribution in [0.3, 0.4) is 0 Å². The van der Waals surface area contributed by atoms with E-state index in [9.17, 15) is 4.79 Å². The van der Waals surface area contributed by atoms with Crippen LogP contribution in [0.5, 0.6) is 5.75 Å². The molecule has 6 rings (SSSR count). The van der Waals surface area contributed by atoms with Crippen molar-refractivity contribution >= 4 is 85.4 Å². The molecule has 1 saturated heterocycles. The Bertz CT molecular complexity index is 1560. The lowest BCUT2D eigenvalue weighted by atomic mass is 9.85. The molecule has 1 unspecified atom stereocenters. The van der Waals surface area contributed by atoms with Crippen LogP contribution in [0.1, 0.15) is 43.7 Å². The van der Waals surface area contributed by atoms with E-state index < -0.39 is 0 Å². The van der Waals surface area contributed by atoms with Gasteiger partial charge in [-0.3, -0.25) is 4.79 Å². The Labute approximate surface area is 273 Å². The fourth-order valence-electron chi connectivity index (χ4n) is 5.89. The van der Waals surface area contributed by atoms with Crippen LogP contribution < -0.4 is 10.1 Å². The number of halogens is 2. The lowest BCUT2D eigenvalue weighted by molar-refractivity contribution is -0.129. The third kappa shape index (κ3) is 6.41. The second-order valence-corrected chi connectivity index (χ2v) is 14.2. The molecular formula is C34H32I2N2O2S. The molecule has 1 N–H and O–H groups in total. The van der Waals surface area contributed by atoms with Gasteiger partial charge in [0.2, 0.25) is 0 Å². The van der Waals surface area contributed by atoms with Crippen molar-refractivity contribution in [3.05, 3.63) is 108 Å². The standard InChI is InChI=1S/C34H32I2N2O2S/c1-22-10-5-8-17-30(22)38-33(39)31(41-34(38)37-26-14-3-2-4-15-26)20-23-18-28(35)32(29(36)19-23)40-21-25-13-9-12-24-11-6-7-16-27(24)25/h2-4,6-7,9,11-16,18-20,22,30,34,37H,5,8,10,17,21H2,1H3/b31-20-/t22-,30-,34?/m1/s1. The highest BCUT2D eigenvalue weighted by molar-refractivity contribution is 14.1. The van der Waals surface area contributed by atoms with Gasteiger partial charge in [0.05, 0.1) is 12.0 Å². The molecule has 2 aliphatic rings. The third-order valence-corrected chi connectivity index (χ3v) is 10.7. The first-order chi connectivity index (χ1) is 20.0. The van der Waals surface area contributed by atoms with E-state index in [-0.39, 0.29) is 17.4 Å². The first-order valence-electron chi connectivity index (χ1n) is 14.1. The van der Waals surface area contributed by atoms with Crippen molar-refractivity contribution in [3.8, 4) is 5.75 Å². The van der Waals surface area contributed by atoms with Gasteiger partial charge in [0, 0.05) is 11.7 Å². The number of nitrogens with one attached hydrogen (secondary N) is 1. The van der Waals surface area contributed by atoms with E-state index >= 15 is 0 Å². The topological polar surface area (TPSA) is 41.6 Å². The van der Waals surface area contributed by atoms with E-state index in [1.165, 1.54) is 35.6 Å². The van der Waals surface area contributed by atoms with Gasteiger partial charge >= 0.3 is 0 Å². The summed E-state index contributed by atoms with van der Waals surface area (Å²) in [6.45, 7) is 2.80. The Kier molecular flexibility index (Phi) is 9.12. The molecular weight excluding hydrogens is 754 g/mol. The van der Waals surface area contributed by atoms with E-state index in [1.807, 2.05) is 18.2 Å². The van der Waals surface area contributed by atoms with Crippen molar-refractivity contribution in [2.45, 2.75) is 50.8 Å². The summed E-state index contributed by atoms with van der Waals surface area (Å²) in [6, 6.07) is 29.5. The third-order valence-electron chi connectivity index (χ3n) is 7.99. The summed E-state index contributed by atoms with van der Waals surface area (Å²) in [4.78, 5) is 16.8. The first kappa shape index (κ1) is 28.9. The molecule has 0 aromatic heterocycles. The van der Waals surface area contributed by atoms with Crippen molar-refractivity contribution in [1.29, 1.82) is 0 Å². The van der Waals surface area contributed by atoms with Crippen LogP contribution in [0.15, 0.2) is 89.8 Å². The Hall–Kier alpha value is -2.24. The molecule has 4 nitrogen and oxygen atoms in total.